The normalized spacial score (nSPS) is 10.7. The van der Waals surface area contributed by atoms with Gasteiger partial charge in [0.05, 0.1) is 23.8 Å². The van der Waals surface area contributed by atoms with Crippen LogP contribution in [0.15, 0.2) is 12.4 Å². The number of carbonyl (C=O) groups excluding carboxylic acids is 1. The Balaban J connectivity index is 2.53. The van der Waals surface area contributed by atoms with Crippen molar-refractivity contribution in [3.05, 3.63) is 18.0 Å². The highest BCUT2D eigenvalue weighted by atomic mass is 16.5. The lowest BCUT2D eigenvalue weighted by Gasteiger charge is -2.09. The second kappa shape index (κ2) is 4.95. The van der Waals surface area contributed by atoms with E-state index in [4.69, 9.17) is 4.74 Å². The zero-order valence-electron chi connectivity index (χ0n) is 9.99. The summed E-state index contributed by atoms with van der Waals surface area (Å²) < 4.78 is 5.56. The zero-order valence-corrected chi connectivity index (χ0v) is 9.99. The number of hydrogen-bond acceptors (Lipinski definition) is 4. The van der Waals surface area contributed by atoms with E-state index in [1.54, 1.807) is 12.4 Å². The van der Waals surface area contributed by atoms with Crippen LogP contribution in [0.2, 0.25) is 0 Å². The number of rotatable bonds is 5. The minimum Gasteiger partial charge on any atom is -0.492 e. The van der Waals surface area contributed by atoms with E-state index in [9.17, 15) is 4.79 Å². The number of hydrogen-bond donors (Lipinski definition) is 1. The maximum atomic E-state index is 12.0. The van der Waals surface area contributed by atoms with Crippen LogP contribution in [0.3, 0.4) is 0 Å². The summed E-state index contributed by atoms with van der Waals surface area (Å²) in [6.45, 7) is 4.37. The highest BCUT2D eigenvalue weighted by Crippen LogP contribution is 2.28. The molecule has 0 aromatic carbocycles. The van der Waals surface area contributed by atoms with Crippen molar-refractivity contribution in [2.45, 2.75) is 26.7 Å². The highest BCUT2D eigenvalue weighted by molar-refractivity contribution is 6.02. The predicted octanol–water partition coefficient (Wildman–Crippen LogP) is 2.34. The van der Waals surface area contributed by atoms with Gasteiger partial charge in [-0.1, -0.05) is 6.92 Å². The van der Waals surface area contributed by atoms with E-state index in [-0.39, 0.29) is 5.78 Å². The minimum atomic E-state index is 0.0616. The summed E-state index contributed by atoms with van der Waals surface area (Å²) in [5.41, 5.74) is 1.18. The maximum Gasteiger partial charge on any atom is 0.168 e. The zero-order chi connectivity index (χ0) is 12.3. The molecule has 1 N–H and O–H groups in total. The van der Waals surface area contributed by atoms with Crippen LogP contribution in [0.4, 0.5) is 0 Å². The van der Waals surface area contributed by atoms with Gasteiger partial charge < -0.3 is 4.74 Å². The molecule has 0 atom stereocenters. The molecular weight excluding hydrogens is 218 g/mol. The molecule has 0 saturated heterocycles. The lowest BCUT2D eigenvalue weighted by molar-refractivity contribution is 0.0978. The number of nitrogens with one attached hydrogen (secondary N) is 1. The number of aromatic nitrogens is 3. The lowest BCUT2D eigenvalue weighted by atomic mass is 10.1. The van der Waals surface area contributed by atoms with E-state index in [1.165, 1.54) is 0 Å². The molecule has 2 heterocycles. The average molecular weight is 233 g/mol. The van der Waals surface area contributed by atoms with Crippen molar-refractivity contribution < 1.29 is 9.53 Å². The fourth-order valence-electron chi connectivity index (χ4n) is 1.74. The van der Waals surface area contributed by atoms with Crippen molar-refractivity contribution >= 4 is 16.8 Å². The molecule has 90 valence electrons. The monoisotopic (exact) mass is 233 g/mol. The Morgan fingerprint density at radius 1 is 1.41 bits per heavy atom. The van der Waals surface area contributed by atoms with Crippen molar-refractivity contribution in [2.75, 3.05) is 6.61 Å². The van der Waals surface area contributed by atoms with Crippen LogP contribution in [0.1, 0.15) is 37.0 Å². The Bertz CT molecular complexity index is 534. The van der Waals surface area contributed by atoms with E-state index >= 15 is 0 Å². The van der Waals surface area contributed by atoms with Gasteiger partial charge >= 0.3 is 0 Å². The molecular formula is C12H15N3O2. The van der Waals surface area contributed by atoms with Crippen molar-refractivity contribution in [3.63, 3.8) is 0 Å². The molecule has 0 aliphatic carbocycles. The number of H-pyrrole nitrogens is 1. The number of aromatic amines is 1. The van der Waals surface area contributed by atoms with Gasteiger partial charge in [-0.15, -0.1) is 0 Å². The van der Waals surface area contributed by atoms with E-state index in [2.05, 4.69) is 15.2 Å². The van der Waals surface area contributed by atoms with Crippen molar-refractivity contribution in [1.82, 2.24) is 15.2 Å². The highest BCUT2D eigenvalue weighted by Gasteiger charge is 2.16. The third-order valence-electron chi connectivity index (χ3n) is 2.50. The van der Waals surface area contributed by atoms with Crippen LogP contribution >= 0.6 is 0 Å². The molecule has 0 amide bonds. The first kappa shape index (κ1) is 11.6. The summed E-state index contributed by atoms with van der Waals surface area (Å²) in [5, 5.41) is 7.43. The van der Waals surface area contributed by atoms with E-state index in [0.29, 0.717) is 30.0 Å². The van der Waals surface area contributed by atoms with Crippen molar-refractivity contribution in [2.24, 2.45) is 0 Å². The van der Waals surface area contributed by atoms with Crippen LogP contribution < -0.4 is 4.74 Å². The quantitative estimate of drug-likeness (QED) is 0.805. The Kier molecular flexibility index (Phi) is 3.37. The van der Waals surface area contributed by atoms with Gasteiger partial charge in [-0.3, -0.25) is 9.89 Å². The lowest BCUT2D eigenvalue weighted by Crippen LogP contribution is -2.05. The van der Waals surface area contributed by atoms with E-state index < -0.39 is 0 Å². The largest absolute Gasteiger partial charge is 0.492 e. The summed E-state index contributed by atoms with van der Waals surface area (Å²) in [5.74, 6) is 0.649. The van der Waals surface area contributed by atoms with Crippen LogP contribution in [-0.2, 0) is 0 Å². The molecule has 0 radical (unpaired) electrons. The molecule has 0 aliphatic heterocycles. The van der Waals surface area contributed by atoms with Gasteiger partial charge in [0.15, 0.2) is 11.4 Å². The van der Waals surface area contributed by atoms with E-state index in [0.717, 1.165) is 11.8 Å². The van der Waals surface area contributed by atoms with Crippen molar-refractivity contribution in [1.29, 1.82) is 0 Å². The van der Waals surface area contributed by atoms with Crippen LogP contribution in [0, 0.1) is 0 Å². The Morgan fingerprint density at radius 3 is 2.94 bits per heavy atom. The molecule has 5 heteroatoms. The number of pyridine rings is 1. The third-order valence-corrected chi connectivity index (χ3v) is 2.50. The van der Waals surface area contributed by atoms with Gasteiger partial charge in [0, 0.05) is 12.6 Å². The second-order valence-corrected chi connectivity index (χ2v) is 3.74. The summed E-state index contributed by atoms with van der Waals surface area (Å²) in [7, 11) is 0. The number of ketones is 1. The van der Waals surface area contributed by atoms with Gasteiger partial charge in [-0.2, -0.15) is 5.10 Å². The second-order valence-electron chi connectivity index (χ2n) is 3.74. The molecule has 0 aliphatic rings. The predicted molar refractivity (Wildman–Crippen MR) is 64.3 cm³/mol. The summed E-state index contributed by atoms with van der Waals surface area (Å²) in [6.07, 6.45) is 4.51. The first-order valence-corrected chi connectivity index (χ1v) is 5.76. The standard InChI is InChI=1S/C12H15N3O2/c1-3-5-10(16)8-6-13-12-9(7-14-15-12)11(8)17-4-2/h6-7H,3-5H2,1-2H3,(H,13,14,15). The number of carbonyl (C=O) groups is 1. The smallest absolute Gasteiger partial charge is 0.168 e. The van der Waals surface area contributed by atoms with Gasteiger partial charge in [0.1, 0.15) is 5.75 Å². The number of fused-ring (bicyclic) bond motifs is 1. The number of nitrogens with zero attached hydrogens (tertiary/aromatic N) is 2. The fraction of sp³-hybridized carbons (Fsp3) is 0.417. The number of Topliss-reactive ketones (excluding diaryl/α,β-unsaturated/α-hetero) is 1. The number of ether oxygens (including phenoxy) is 1. The summed E-state index contributed by atoms with van der Waals surface area (Å²) >= 11 is 0. The Morgan fingerprint density at radius 2 is 2.24 bits per heavy atom. The summed E-state index contributed by atoms with van der Waals surface area (Å²) in [4.78, 5) is 16.1. The Labute approximate surface area is 99.2 Å². The minimum absolute atomic E-state index is 0.0616. The molecule has 0 unspecified atom stereocenters. The fourth-order valence-corrected chi connectivity index (χ4v) is 1.74. The third kappa shape index (κ3) is 2.13. The topological polar surface area (TPSA) is 67.9 Å². The molecule has 2 rings (SSSR count). The maximum absolute atomic E-state index is 12.0. The molecule has 5 nitrogen and oxygen atoms in total. The van der Waals surface area contributed by atoms with Gasteiger partial charge in [-0.05, 0) is 13.3 Å². The SMILES string of the molecule is CCCC(=O)c1cnc2[nH]ncc2c1OCC. The van der Waals surface area contributed by atoms with Crippen LogP contribution in [-0.4, -0.2) is 27.6 Å². The van der Waals surface area contributed by atoms with Gasteiger partial charge in [0.25, 0.3) is 0 Å². The van der Waals surface area contributed by atoms with Crippen LogP contribution in [0.5, 0.6) is 5.75 Å². The molecule has 0 spiro atoms. The molecule has 2 aromatic rings. The first-order valence-electron chi connectivity index (χ1n) is 5.76. The average Bonchev–Trinajstić information content (AvgIpc) is 2.78. The Hall–Kier alpha value is -1.91. The van der Waals surface area contributed by atoms with Crippen molar-refractivity contribution in [3.8, 4) is 5.75 Å². The van der Waals surface area contributed by atoms with E-state index in [1.807, 2.05) is 13.8 Å². The molecule has 0 bridgehead atoms. The van der Waals surface area contributed by atoms with Crippen LogP contribution in [0.25, 0.3) is 11.0 Å². The molecule has 2 aromatic heterocycles. The molecule has 17 heavy (non-hydrogen) atoms. The first-order chi connectivity index (χ1) is 8.27. The summed E-state index contributed by atoms with van der Waals surface area (Å²) in [6, 6.07) is 0. The molecule has 0 fully saturated rings. The van der Waals surface area contributed by atoms with Gasteiger partial charge in [-0.25, -0.2) is 4.98 Å². The van der Waals surface area contributed by atoms with Gasteiger partial charge in [0.2, 0.25) is 0 Å². The molecule has 0 saturated carbocycles.